The van der Waals surface area contributed by atoms with Crippen molar-refractivity contribution in [3.05, 3.63) is 108 Å². The molecule has 0 fully saturated rings. The second-order valence-electron chi connectivity index (χ2n) is 16.9. The number of amides is 3. The summed E-state index contributed by atoms with van der Waals surface area (Å²) in [5.41, 5.74) is 2.97. The maximum Gasteiger partial charge on any atom is 0.329 e. The molecule has 0 saturated carbocycles. The number of carbonyl (C=O) groups excluding carboxylic acids is 6. The number of aromatic amines is 1. The van der Waals surface area contributed by atoms with Crippen molar-refractivity contribution in [2.24, 2.45) is 5.92 Å². The fourth-order valence-corrected chi connectivity index (χ4v) is 7.79. The van der Waals surface area contributed by atoms with E-state index in [0.717, 1.165) is 41.3 Å². The summed E-state index contributed by atoms with van der Waals surface area (Å²) < 4.78 is 5.53. The van der Waals surface area contributed by atoms with Gasteiger partial charge in [0.25, 0.3) is 0 Å². The van der Waals surface area contributed by atoms with Crippen LogP contribution in [0.15, 0.2) is 91.1 Å². The van der Waals surface area contributed by atoms with Crippen LogP contribution in [0.5, 0.6) is 0 Å². The molecule has 0 aliphatic carbocycles. The summed E-state index contributed by atoms with van der Waals surface area (Å²) in [6, 6.07) is 23.6. The van der Waals surface area contributed by atoms with Crippen LogP contribution in [0.25, 0.3) is 10.9 Å². The molecule has 1 aromatic heterocycles. The number of aromatic nitrogens is 1. The Hall–Kier alpha value is -6.15. The van der Waals surface area contributed by atoms with Crippen LogP contribution in [0, 0.1) is 5.92 Å². The van der Waals surface area contributed by atoms with Gasteiger partial charge in [0.15, 0.2) is 11.6 Å². The van der Waals surface area contributed by atoms with Crippen LogP contribution in [0.2, 0.25) is 0 Å². The summed E-state index contributed by atoms with van der Waals surface area (Å²) in [6.07, 6.45) is 11.6. The summed E-state index contributed by atoms with van der Waals surface area (Å²) in [5.74, 6) is -3.95. The van der Waals surface area contributed by atoms with Gasteiger partial charge >= 0.3 is 11.9 Å². The number of fused-ring (bicyclic) bond motifs is 1. The molecular formula is C52H69N5O9. The van der Waals surface area contributed by atoms with E-state index in [2.05, 4.69) is 33.2 Å². The van der Waals surface area contributed by atoms with Gasteiger partial charge in [-0.1, -0.05) is 124 Å². The Kier molecular flexibility index (Phi) is 24.0. The van der Waals surface area contributed by atoms with Crippen LogP contribution >= 0.6 is 0 Å². The summed E-state index contributed by atoms with van der Waals surface area (Å²) in [4.78, 5) is 94.6. The number of ether oxygens (including phenoxy) is 1. The molecule has 6 N–H and O–H groups in total. The number of carbonyl (C=O) groups is 7. The number of ketones is 2. The zero-order valence-corrected chi connectivity index (χ0v) is 38.5. The van der Waals surface area contributed by atoms with Crippen LogP contribution in [0.3, 0.4) is 0 Å². The number of esters is 1. The summed E-state index contributed by atoms with van der Waals surface area (Å²) >= 11 is 0. The molecular weight excluding hydrogens is 839 g/mol. The average Bonchev–Trinajstić information content (AvgIpc) is 3.73. The third kappa shape index (κ3) is 19.9. The first kappa shape index (κ1) is 52.5. The first-order valence-electron chi connectivity index (χ1n) is 23.7. The van der Waals surface area contributed by atoms with Crippen molar-refractivity contribution in [3.63, 3.8) is 0 Å². The molecule has 356 valence electrons. The highest BCUT2D eigenvalue weighted by molar-refractivity contribution is 5.98. The van der Waals surface area contributed by atoms with Crippen LogP contribution in [0.4, 0.5) is 0 Å². The van der Waals surface area contributed by atoms with E-state index in [9.17, 15) is 33.6 Å². The van der Waals surface area contributed by atoms with Crippen molar-refractivity contribution in [2.75, 3.05) is 19.6 Å². The van der Waals surface area contributed by atoms with E-state index < -0.39 is 41.8 Å². The molecule has 4 rings (SSSR count). The molecule has 0 saturated heterocycles. The van der Waals surface area contributed by atoms with Gasteiger partial charge in [0.05, 0.1) is 12.6 Å². The van der Waals surface area contributed by atoms with Gasteiger partial charge in [-0.3, -0.25) is 28.8 Å². The third-order valence-corrected chi connectivity index (χ3v) is 11.6. The lowest BCUT2D eigenvalue weighted by atomic mass is 9.89. The second kappa shape index (κ2) is 30.1. The molecule has 3 atom stereocenters. The number of benzene rings is 3. The zero-order chi connectivity index (χ0) is 47.4. The first-order chi connectivity index (χ1) is 32.0. The molecule has 0 radical (unpaired) electrons. The molecule has 0 spiro atoms. The van der Waals surface area contributed by atoms with Crippen molar-refractivity contribution in [3.8, 4) is 0 Å². The SMILES string of the molecule is CCCCCCCCCC(=O)NCCCC[C@H](NCC(=O)c1ccccc1)C(=O)C[C@H](Cc1c[nH]c2ccccc12)C(=O)NCC[C@@H](NC(=O)CCCC(=O)O)C(=O)OCc1ccccc1. The Bertz CT molecular complexity index is 2120. The van der Waals surface area contributed by atoms with Gasteiger partial charge in [0.2, 0.25) is 17.7 Å². The number of hydrogen-bond donors (Lipinski definition) is 6. The Balaban J connectivity index is 1.43. The minimum Gasteiger partial charge on any atom is -0.481 e. The number of carboxylic acid groups (broad SMARTS) is 1. The number of carboxylic acids is 1. The standard InChI is InChI=1S/C52H69N5O9/c1-2-3-4-5-6-7-14-27-48(60)53-31-18-17-26-44(56-36-47(59)39-22-12-9-13-23-39)46(58)34-40(33-41-35-55-43-25-16-15-24-42(41)43)51(64)54-32-30-45(57-49(61)28-19-29-50(62)63)52(65)66-37-38-20-10-8-11-21-38/h8-13,15-16,20-25,35,40,44-45,55-56H,2-7,14,17-19,26-34,36-37H2,1H3,(H,53,60)(H,54,64)(H,57,61)(H,62,63)/t40-,44-,45+/m0/s1. The maximum absolute atomic E-state index is 14.3. The van der Waals surface area contributed by atoms with Gasteiger partial charge in [-0.05, 0) is 62.1 Å². The Morgan fingerprint density at radius 2 is 1.35 bits per heavy atom. The normalized spacial score (nSPS) is 12.4. The zero-order valence-electron chi connectivity index (χ0n) is 38.5. The second-order valence-corrected chi connectivity index (χ2v) is 16.9. The van der Waals surface area contributed by atoms with Crippen LogP contribution in [0.1, 0.15) is 131 Å². The summed E-state index contributed by atoms with van der Waals surface area (Å²) in [5, 5.41) is 21.7. The van der Waals surface area contributed by atoms with Crippen molar-refractivity contribution in [2.45, 2.75) is 135 Å². The lowest BCUT2D eigenvalue weighted by molar-refractivity contribution is -0.149. The highest BCUT2D eigenvalue weighted by Crippen LogP contribution is 2.24. The summed E-state index contributed by atoms with van der Waals surface area (Å²) in [6.45, 7) is 2.49. The number of Topliss-reactive ketones (excluding diaryl/α,β-unsaturated/α-hetero) is 2. The number of hydrogen-bond acceptors (Lipinski definition) is 9. The minimum absolute atomic E-state index is 0.0161. The van der Waals surface area contributed by atoms with E-state index in [0.29, 0.717) is 37.8 Å². The van der Waals surface area contributed by atoms with Gasteiger partial charge < -0.3 is 36.1 Å². The first-order valence-corrected chi connectivity index (χ1v) is 23.7. The fourth-order valence-electron chi connectivity index (χ4n) is 7.79. The van der Waals surface area contributed by atoms with Gasteiger partial charge in [-0.15, -0.1) is 0 Å². The number of unbranched alkanes of at least 4 members (excludes halogenated alkanes) is 7. The van der Waals surface area contributed by atoms with E-state index in [1.54, 1.807) is 48.5 Å². The highest BCUT2D eigenvalue weighted by atomic mass is 16.5. The molecule has 3 amide bonds. The molecule has 66 heavy (non-hydrogen) atoms. The average molecular weight is 908 g/mol. The number of nitrogens with one attached hydrogen (secondary N) is 5. The Labute approximate surface area is 388 Å². The van der Waals surface area contributed by atoms with Crippen molar-refractivity contribution >= 4 is 52.1 Å². The number of H-pyrrole nitrogens is 1. The van der Waals surface area contributed by atoms with Crippen molar-refractivity contribution in [1.29, 1.82) is 0 Å². The van der Waals surface area contributed by atoms with E-state index in [-0.39, 0.29) is 75.7 Å². The van der Waals surface area contributed by atoms with E-state index in [1.165, 1.54) is 25.7 Å². The number of rotatable bonds is 34. The van der Waals surface area contributed by atoms with Crippen LogP contribution in [-0.4, -0.2) is 83.0 Å². The molecule has 14 heteroatoms. The summed E-state index contributed by atoms with van der Waals surface area (Å²) in [7, 11) is 0. The Morgan fingerprint density at radius 1 is 0.667 bits per heavy atom. The third-order valence-electron chi connectivity index (χ3n) is 11.6. The molecule has 14 nitrogen and oxygen atoms in total. The topological polar surface area (TPSA) is 213 Å². The lowest BCUT2D eigenvalue weighted by Crippen LogP contribution is -2.45. The van der Waals surface area contributed by atoms with E-state index in [1.807, 2.05) is 42.6 Å². The van der Waals surface area contributed by atoms with Crippen molar-refractivity contribution < 1.29 is 43.4 Å². The van der Waals surface area contributed by atoms with E-state index in [4.69, 9.17) is 9.84 Å². The monoisotopic (exact) mass is 908 g/mol. The molecule has 0 aliphatic heterocycles. The van der Waals surface area contributed by atoms with Gasteiger partial charge in [-0.25, -0.2) is 4.79 Å². The predicted octanol–water partition coefficient (Wildman–Crippen LogP) is 7.54. The maximum atomic E-state index is 14.3. The van der Waals surface area contributed by atoms with Gasteiger partial charge in [0, 0.05) is 67.4 Å². The quantitative estimate of drug-likeness (QED) is 0.0154. The van der Waals surface area contributed by atoms with Gasteiger partial charge in [-0.2, -0.15) is 0 Å². The van der Waals surface area contributed by atoms with Gasteiger partial charge in [0.1, 0.15) is 12.6 Å². The number of para-hydroxylation sites is 1. The molecule has 1 heterocycles. The predicted molar refractivity (Wildman–Crippen MR) is 254 cm³/mol. The van der Waals surface area contributed by atoms with Crippen LogP contribution in [-0.2, 0) is 46.5 Å². The minimum atomic E-state index is -1.14. The molecule has 0 unspecified atom stereocenters. The smallest absolute Gasteiger partial charge is 0.329 e. The molecule has 0 aliphatic rings. The molecule has 4 aromatic rings. The molecule has 3 aromatic carbocycles. The lowest BCUT2D eigenvalue weighted by Gasteiger charge is -2.22. The highest BCUT2D eigenvalue weighted by Gasteiger charge is 2.29. The van der Waals surface area contributed by atoms with Crippen LogP contribution < -0.4 is 21.3 Å². The van der Waals surface area contributed by atoms with E-state index >= 15 is 0 Å². The number of aliphatic carboxylic acids is 1. The Morgan fingerprint density at radius 3 is 2.09 bits per heavy atom. The van der Waals surface area contributed by atoms with Crippen molar-refractivity contribution in [1.82, 2.24) is 26.3 Å². The molecule has 0 bridgehead atoms. The fraction of sp³-hybridized carbons (Fsp3) is 0.481. The largest absolute Gasteiger partial charge is 0.481 e.